The average molecular weight is 1130 g/mol. The molecule has 2 rings (SSSR count). The molecule has 1 fully saturated rings. The van der Waals surface area contributed by atoms with E-state index in [1.807, 2.05) is 0 Å². The number of phosphoric ester groups is 1. The van der Waals surface area contributed by atoms with Crippen molar-refractivity contribution in [2.24, 2.45) is 0 Å². The van der Waals surface area contributed by atoms with Crippen LogP contribution in [0.1, 0.15) is 238 Å². The Morgan fingerprint density at radius 3 is 1.45 bits per heavy atom. The van der Waals surface area contributed by atoms with Crippen LogP contribution < -0.4 is 15.4 Å². The van der Waals surface area contributed by atoms with Gasteiger partial charge in [-0.15, -0.1) is 0 Å². The molecule has 4 unspecified atom stereocenters. The molecular weight excluding hydrogens is 1020 g/mol. The monoisotopic (exact) mass is 1130 g/mol. The Morgan fingerprint density at radius 2 is 0.987 bits per heavy atom. The third-order valence-electron chi connectivity index (χ3n) is 14.1. The first-order valence-electron chi connectivity index (χ1n) is 30.3. The zero-order valence-electron chi connectivity index (χ0n) is 47.9. The summed E-state index contributed by atoms with van der Waals surface area (Å²) in [4.78, 5) is 60.8. The Bertz CT molecular complexity index is 1720. The van der Waals surface area contributed by atoms with Crippen LogP contribution in [0.5, 0.6) is 5.75 Å². The lowest BCUT2D eigenvalue weighted by Gasteiger charge is -2.39. The molecule has 452 valence electrons. The van der Waals surface area contributed by atoms with Crippen LogP contribution in [0, 0.1) is 0 Å². The van der Waals surface area contributed by atoms with Crippen molar-refractivity contribution in [1.82, 2.24) is 10.6 Å². The minimum absolute atomic E-state index is 0.107. The lowest BCUT2D eigenvalue weighted by atomic mass is 9.99. The van der Waals surface area contributed by atoms with Gasteiger partial charge in [-0.1, -0.05) is 206 Å². The molecule has 19 heteroatoms. The number of phosphoric acid groups is 1. The van der Waals surface area contributed by atoms with E-state index in [4.69, 9.17) is 28.0 Å². The second-order valence-corrected chi connectivity index (χ2v) is 22.7. The molecule has 1 aliphatic rings. The van der Waals surface area contributed by atoms with Gasteiger partial charge in [0.15, 0.2) is 6.10 Å². The maximum atomic E-state index is 12.9. The fourth-order valence-corrected chi connectivity index (χ4v) is 10.0. The highest BCUT2D eigenvalue weighted by atomic mass is 31.2. The van der Waals surface area contributed by atoms with Crippen molar-refractivity contribution in [1.29, 1.82) is 0 Å². The van der Waals surface area contributed by atoms with Crippen LogP contribution in [-0.2, 0) is 53.4 Å². The zero-order chi connectivity index (χ0) is 56.9. The van der Waals surface area contributed by atoms with Gasteiger partial charge < -0.3 is 54.9 Å². The number of nitrogens with one attached hydrogen (secondary N) is 2. The van der Waals surface area contributed by atoms with Gasteiger partial charge in [0, 0.05) is 38.8 Å². The number of rotatable bonds is 51. The van der Waals surface area contributed by atoms with E-state index in [0.29, 0.717) is 25.0 Å². The van der Waals surface area contributed by atoms with Crippen molar-refractivity contribution in [2.45, 2.75) is 275 Å². The van der Waals surface area contributed by atoms with Gasteiger partial charge in [-0.25, -0.2) is 4.57 Å². The summed E-state index contributed by atoms with van der Waals surface area (Å²) in [5, 5.41) is 44.8. The van der Waals surface area contributed by atoms with E-state index in [0.717, 1.165) is 44.1 Å². The summed E-state index contributed by atoms with van der Waals surface area (Å²) in [6, 6.07) is 6.67. The summed E-state index contributed by atoms with van der Waals surface area (Å²) in [5.74, 6) is -1.50. The quantitative estimate of drug-likeness (QED) is 0.0182. The molecule has 0 aliphatic carbocycles. The molecule has 0 bridgehead atoms. The van der Waals surface area contributed by atoms with E-state index in [1.165, 1.54) is 141 Å². The highest BCUT2D eigenvalue weighted by Gasteiger charge is 2.44. The number of aliphatic hydroxyl groups is 4. The predicted octanol–water partition coefficient (Wildman–Crippen LogP) is 10.5. The number of unbranched alkanes of at least 4 members (excludes halogenated alkanes) is 28. The largest absolute Gasteiger partial charge is 0.472 e. The molecule has 78 heavy (non-hydrogen) atoms. The van der Waals surface area contributed by atoms with E-state index >= 15 is 0 Å². The Morgan fingerprint density at radius 1 is 0.551 bits per heavy atom. The summed E-state index contributed by atoms with van der Waals surface area (Å²) in [6.07, 6.45) is 28.6. The Labute approximate surface area is 468 Å². The molecular formula is C59H105N2O16P. The maximum absolute atomic E-state index is 12.9. The molecule has 1 aromatic rings. The number of carbonyl (C=O) groups excluding carboxylic acids is 4. The molecule has 0 radical (unpaired) electrons. The van der Waals surface area contributed by atoms with Crippen molar-refractivity contribution in [3.05, 3.63) is 29.8 Å². The van der Waals surface area contributed by atoms with Crippen molar-refractivity contribution < 1.29 is 77.1 Å². The molecule has 7 atom stereocenters. The van der Waals surface area contributed by atoms with E-state index in [-0.39, 0.29) is 51.3 Å². The Hall–Kier alpha value is -3.19. The van der Waals surface area contributed by atoms with Crippen LogP contribution in [0.3, 0.4) is 0 Å². The molecule has 0 saturated carbocycles. The predicted molar refractivity (Wildman–Crippen MR) is 301 cm³/mol. The second-order valence-electron chi connectivity index (χ2n) is 21.2. The maximum Gasteiger partial charge on any atom is 0.472 e. The van der Waals surface area contributed by atoms with Crippen molar-refractivity contribution in [2.75, 3.05) is 39.5 Å². The topological polar surface area (TPSA) is 266 Å². The van der Waals surface area contributed by atoms with Gasteiger partial charge in [-0.2, -0.15) is 0 Å². The Balaban J connectivity index is 1.68. The van der Waals surface area contributed by atoms with Crippen molar-refractivity contribution >= 4 is 31.6 Å². The van der Waals surface area contributed by atoms with E-state index in [2.05, 4.69) is 24.5 Å². The van der Waals surface area contributed by atoms with Gasteiger partial charge >= 0.3 is 19.8 Å². The SMILES string of the molecule is CCCCCCCCCCCCCCCCCC(=O)OCC(COP(=O)(O)OCCNC(=O)CCC(=O)NCCc1ccc(O[C@H]2OC(CO)[C@@H](O)C(O)[C@H]2O)cc1)OC(=O)CCCCCCCCCCCCCCCCC. The highest BCUT2D eigenvalue weighted by Crippen LogP contribution is 2.43. The van der Waals surface area contributed by atoms with Gasteiger partial charge in [0.1, 0.15) is 36.8 Å². The van der Waals surface area contributed by atoms with Crippen LogP contribution in [-0.4, -0.2) is 125 Å². The molecule has 0 spiro atoms. The summed E-state index contributed by atoms with van der Waals surface area (Å²) >= 11 is 0. The van der Waals surface area contributed by atoms with Gasteiger partial charge in [0.25, 0.3) is 0 Å². The average Bonchev–Trinajstić information content (AvgIpc) is 3.44. The van der Waals surface area contributed by atoms with Crippen LogP contribution >= 0.6 is 7.82 Å². The summed E-state index contributed by atoms with van der Waals surface area (Å²) in [6.45, 7) is 2.74. The molecule has 0 aromatic heterocycles. The number of benzene rings is 1. The number of ether oxygens (including phenoxy) is 4. The summed E-state index contributed by atoms with van der Waals surface area (Å²) in [5.41, 5.74) is 0.839. The first kappa shape index (κ1) is 70.9. The first-order valence-corrected chi connectivity index (χ1v) is 31.8. The fraction of sp³-hybridized carbons (Fsp3) is 0.831. The van der Waals surface area contributed by atoms with Crippen LogP contribution in [0.4, 0.5) is 0 Å². The number of esters is 2. The van der Waals surface area contributed by atoms with E-state index < -0.39 is 82.3 Å². The smallest absolute Gasteiger partial charge is 0.462 e. The minimum Gasteiger partial charge on any atom is -0.462 e. The fourth-order valence-electron chi connectivity index (χ4n) is 9.25. The van der Waals surface area contributed by atoms with E-state index in [1.54, 1.807) is 24.3 Å². The number of aliphatic hydroxyl groups excluding tert-OH is 4. The number of hydrogen-bond acceptors (Lipinski definition) is 15. The summed E-state index contributed by atoms with van der Waals surface area (Å²) in [7, 11) is -4.68. The molecule has 7 N–H and O–H groups in total. The minimum atomic E-state index is -4.68. The first-order chi connectivity index (χ1) is 37.8. The lowest BCUT2D eigenvalue weighted by Crippen LogP contribution is -2.60. The van der Waals surface area contributed by atoms with Crippen LogP contribution in [0.15, 0.2) is 24.3 Å². The van der Waals surface area contributed by atoms with Crippen LogP contribution in [0.25, 0.3) is 0 Å². The third-order valence-corrected chi connectivity index (χ3v) is 15.1. The van der Waals surface area contributed by atoms with Crippen LogP contribution in [0.2, 0.25) is 0 Å². The van der Waals surface area contributed by atoms with Gasteiger partial charge in [-0.3, -0.25) is 28.2 Å². The molecule has 1 aliphatic heterocycles. The molecule has 2 amide bonds. The lowest BCUT2D eigenvalue weighted by molar-refractivity contribution is -0.277. The molecule has 1 heterocycles. The molecule has 18 nitrogen and oxygen atoms in total. The highest BCUT2D eigenvalue weighted by molar-refractivity contribution is 7.47. The van der Waals surface area contributed by atoms with E-state index in [9.17, 15) is 49.1 Å². The second kappa shape index (κ2) is 46.4. The van der Waals surface area contributed by atoms with Gasteiger partial charge in [0.05, 0.1) is 19.8 Å². The third kappa shape index (κ3) is 36.9. The molecule has 1 aromatic carbocycles. The Kier molecular flexibility index (Phi) is 42.2. The zero-order valence-corrected chi connectivity index (χ0v) is 48.8. The van der Waals surface area contributed by atoms with Crippen molar-refractivity contribution in [3.8, 4) is 5.75 Å². The standard InChI is InChI=1S/C59H105N2O16P/c1-3-5-7-9-11-13-15-17-19-21-23-25-27-29-31-33-54(65)72-46-50(75-55(66)34-32-30-28-26-24-22-20-18-16-14-12-10-8-6-4-2)47-74-78(70,71)73-44-43-61-53(64)40-39-52(63)60-42-41-48-35-37-49(38-36-48)76-59-58(69)57(68)56(67)51(45-62)77-59/h35-38,50-51,56-59,62,67-69H,3-34,39-47H2,1-2H3,(H,60,63)(H,61,64)(H,70,71)/t50?,51?,56-,57?,58-,59+/m1/s1. The normalized spacial score (nSPS) is 18.5. The number of amides is 2. The summed E-state index contributed by atoms with van der Waals surface area (Å²) < 4.78 is 45.0. The number of carbonyl (C=O) groups is 4. The number of hydrogen-bond donors (Lipinski definition) is 7. The molecule has 1 saturated heterocycles. The van der Waals surface area contributed by atoms with Crippen molar-refractivity contribution in [3.63, 3.8) is 0 Å². The van der Waals surface area contributed by atoms with Gasteiger partial charge in [-0.05, 0) is 37.0 Å². The van der Waals surface area contributed by atoms with Gasteiger partial charge in [0.2, 0.25) is 18.1 Å².